The quantitative estimate of drug-likeness (QED) is 0.574. The molecule has 1 aromatic rings. The molecule has 22 heavy (non-hydrogen) atoms. The molecule has 7 heteroatoms. The summed E-state index contributed by atoms with van der Waals surface area (Å²) in [5.74, 6) is 0.639. The van der Waals surface area contributed by atoms with Crippen LogP contribution in [0.1, 0.15) is 30.4 Å². The van der Waals surface area contributed by atoms with Crippen molar-refractivity contribution in [3.8, 4) is 0 Å². The molecule has 1 atom stereocenters. The monoisotopic (exact) mass is 407 g/mol. The van der Waals surface area contributed by atoms with E-state index in [9.17, 15) is 8.42 Å². The van der Waals surface area contributed by atoms with Crippen LogP contribution in [0.5, 0.6) is 0 Å². The molecule has 1 N–H and O–H groups in total. The predicted octanol–water partition coefficient (Wildman–Crippen LogP) is 3.81. The smallest absolute Gasteiger partial charge is 0.176 e. The molecule has 0 aliphatic carbocycles. The van der Waals surface area contributed by atoms with Crippen LogP contribution in [-0.2, 0) is 14.7 Å². The third-order valence-corrected chi connectivity index (χ3v) is 5.84. The van der Waals surface area contributed by atoms with Gasteiger partial charge in [0.2, 0.25) is 0 Å². The summed E-state index contributed by atoms with van der Waals surface area (Å²) >= 11 is 9.13. The standard InChI is InChI=1S/C15H19BrClNO3S/c1-10-12(16)6-7-14(22(2,19)20)15(10)13-9-11(21-18-13)5-3-4-8-17/h6-7,9,11,18H,3-5,8H2,1-2H3. The number of nitrogens with one attached hydrogen (secondary N) is 1. The van der Waals surface area contributed by atoms with Gasteiger partial charge in [-0.3, -0.25) is 10.3 Å². The van der Waals surface area contributed by atoms with Crippen LogP contribution in [0.4, 0.5) is 0 Å². The Morgan fingerprint density at radius 3 is 2.73 bits per heavy atom. The minimum atomic E-state index is -3.32. The van der Waals surface area contributed by atoms with Gasteiger partial charge in [-0.05, 0) is 50.0 Å². The lowest BCUT2D eigenvalue weighted by atomic mass is 10.0. The van der Waals surface area contributed by atoms with Gasteiger partial charge in [-0.15, -0.1) is 11.6 Å². The van der Waals surface area contributed by atoms with Crippen molar-refractivity contribution in [3.63, 3.8) is 0 Å². The molecule has 1 heterocycles. The maximum Gasteiger partial charge on any atom is 0.176 e. The zero-order valence-electron chi connectivity index (χ0n) is 12.5. The van der Waals surface area contributed by atoms with E-state index < -0.39 is 9.84 Å². The van der Waals surface area contributed by atoms with E-state index in [1.165, 1.54) is 6.26 Å². The van der Waals surface area contributed by atoms with Crippen LogP contribution in [0.2, 0.25) is 0 Å². The molecular formula is C15H19BrClNO3S. The van der Waals surface area contributed by atoms with Crippen LogP contribution < -0.4 is 5.48 Å². The summed E-state index contributed by atoms with van der Waals surface area (Å²) in [7, 11) is -3.32. The van der Waals surface area contributed by atoms with Crippen molar-refractivity contribution >= 4 is 43.1 Å². The lowest BCUT2D eigenvalue weighted by molar-refractivity contribution is 0.0455. The zero-order chi connectivity index (χ0) is 16.3. The third kappa shape index (κ3) is 4.04. The van der Waals surface area contributed by atoms with Crippen LogP contribution in [0, 0.1) is 6.92 Å². The highest BCUT2D eigenvalue weighted by Crippen LogP contribution is 2.33. The van der Waals surface area contributed by atoms with Crippen molar-refractivity contribution in [1.82, 2.24) is 5.48 Å². The van der Waals surface area contributed by atoms with Crippen LogP contribution in [0.3, 0.4) is 0 Å². The van der Waals surface area contributed by atoms with E-state index in [2.05, 4.69) is 21.4 Å². The van der Waals surface area contributed by atoms with Gasteiger partial charge in [-0.1, -0.05) is 15.9 Å². The number of alkyl halides is 1. The fourth-order valence-electron chi connectivity index (χ4n) is 2.41. The topological polar surface area (TPSA) is 55.4 Å². The number of hydrogen-bond donors (Lipinski definition) is 1. The van der Waals surface area contributed by atoms with Crippen molar-refractivity contribution in [3.05, 3.63) is 33.8 Å². The van der Waals surface area contributed by atoms with E-state index in [-0.39, 0.29) is 6.10 Å². The highest BCUT2D eigenvalue weighted by molar-refractivity contribution is 9.10. The Hall–Kier alpha value is -0.560. The molecule has 0 spiro atoms. The van der Waals surface area contributed by atoms with E-state index in [0.717, 1.165) is 29.3 Å². The maximum atomic E-state index is 12.0. The van der Waals surface area contributed by atoms with Gasteiger partial charge in [0.25, 0.3) is 0 Å². The molecule has 1 aliphatic heterocycles. The van der Waals surface area contributed by atoms with Crippen LogP contribution in [0.25, 0.3) is 5.70 Å². The van der Waals surface area contributed by atoms with Crippen LogP contribution in [-0.4, -0.2) is 26.7 Å². The number of unbranched alkanes of at least 4 members (excludes halogenated alkanes) is 1. The Morgan fingerprint density at radius 1 is 1.36 bits per heavy atom. The minimum absolute atomic E-state index is 0.0657. The Bertz CT molecular complexity index is 688. The summed E-state index contributed by atoms with van der Waals surface area (Å²) in [6, 6.07) is 3.37. The molecule has 0 fully saturated rings. The Labute approximate surface area is 144 Å². The van der Waals surface area contributed by atoms with Crippen molar-refractivity contribution in [2.45, 2.75) is 37.2 Å². The molecule has 1 aromatic carbocycles. The van der Waals surface area contributed by atoms with Crippen molar-refractivity contribution in [2.75, 3.05) is 12.1 Å². The van der Waals surface area contributed by atoms with E-state index in [1.54, 1.807) is 12.1 Å². The Morgan fingerprint density at radius 2 is 2.09 bits per heavy atom. The first-order chi connectivity index (χ1) is 10.3. The van der Waals surface area contributed by atoms with Gasteiger partial charge in [0.15, 0.2) is 9.84 Å². The van der Waals surface area contributed by atoms with Crippen LogP contribution in [0.15, 0.2) is 27.6 Å². The second-order valence-electron chi connectivity index (χ2n) is 5.34. The number of halogens is 2. The summed E-state index contributed by atoms with van der Waals surface area (Å²) in [4.78, 5) is 5.84. The molecular weight excluding hydrogens is 390 g/mol. The maximum absolute atomic E-state index is 12.0. The molecule has 4 nitrogen and oxygen atoms in total. The lowest BCUT2D eigenvalue weighted by Gasteiger charge is -2.14. The van der Waals surface area contributed by atoms with Crippen molar-refractivity contribution < 1.29 is 13.3 Å². The van der Waals surface area contributed by atoms with Gasteiger partial charge in [0.05, 0.1) is 10.6 Å². The first kappa shape index (κ1) is 17.8. The van der Waals surface area contributed by atoms with Gasteiger partial charge < -0.3 is 0 Å². The molecule has 1 aliphatic rings. The summed E-state index contributed by atoms with van der Waals surface area (Å²) in [5.41, 5.74) is 5.11. The number of sulfone groups is 1. The number of rotatable bonds is 6. The van der Waals surface area contributed by atoms with E-state index >= 15 is 0 Å². The number of hydroxylamine groups is 1. The first-order valence-corrected chi connectivity index (χ1v) is 10.3. The number of hydrogen-bond acceptors (Lipinski definition) is 4. The summed E-state index contributed by atoms with van der Waals surface area (Å²) < 4.78 is 24.9. The molecule has 1 unspecified atom stereocenters. The molecule has 2 rings (SSSR count). The molecule has 0 saturated heterocycles. The van der Waals surface area contributed by atoms with Gasteiger partial charge in [0.1, 0.15) is 6.10 Å². The Balaban J connectivity index is 2.36. The largest absolute Gasteiger partial charge is 0.269 e. The molecule has 122 valence electrons. The SMILES string of the molecule is Cc1c(Br)ccc(S(C)(=O)=O)c1C1=CC(CCCCCl)ON1. The summed E-state index contributed by atoms with van der Waals surface area (Å²) in [6.45, 7) is 1.89. The summed E-state index contributed by atoms with van der Waals surface area (Å²) in [6.07, 6.45) is 5.85. The fourth-order valence-corrected chi connectivity index (χ4v) is 3.88. The average molecular weight is 409 g/mol. The molecule has 0 bridgehead atoms. The highest BCUT2D eigenvalue weighted by Gasteiger charge is 2.24. The number of benzene rings is 1. The predicted molar refractivity (Wildman–Crippen MR) is 92.5 cm³/mol. The van der Waals surface area contributed by atoms with E-state index in [1.807, 2.05) is 13.0 Å². The molecule has 0 aromatic heterocycles. The van der Waals surface area contributed by atoms with Crippen molar-refractivity contribution in [1.29, 1.82) is 0 Å². The Kier molecular flexibility index (Phi) is 5.94. The van der Waals surface area contributed by atoms with E-state index in [4.69, 9.17) is 16.4 Å². The molecule has 0 radical (unpaired) electrons. The highest BCUT2D eigenvalue weighted by atomic mass is 79.9. The second kappa shape index (κ2) is 7.34. The van der Waals surface area contributed by atoms with Gasteiger partial charge >= 0.3 is 0 Å². The zero-order valence-corrected chi connectivity index (χ0v) is 15.7. The third-order valence-electron chi connectivity index (χ3n) is 3.57. The summed E-state index contributed by atoms with van der Waals surface area (Å²) in [5, 5.41) is 0. The first-order valence-electron chi connectivity index (χ1n) is 7.03. The fraction of sp³-hybridized carbons (Fsp3) is 0.467. The van der Waals surface area contributed by atoms with Crippen LogP contribution >= 0.6 is 27.5 Å². The van der Waals surface area contributed by atoms with E-state index in [0.29, 0.717) is 22.0 Å². The van der Waals surface area contributed by atoms with Gasteiger partial charge in [-0.25, -0.2) is 8.42 Å². The second-order valence-corrected chi connectivity index (χ2v) is 8.56. The van der Waals surface area contributed by atoms with Gasteiger partial charge in [-0.2, -0.15) is 0 Å². The minimum Gasteiger partial charge on any atom is -0.269 e. The lowest BCUT2D eigenvalue weighted by Crippen LogP contribution is -2.14. The molecule has 0 saturated carbocycles. The normalized spacial score (nSPS) is 18.2. The molecule has 0 amide bonds. The average Bonchev–Trinajstić information content (AvgIpc) is 2.89. The van der Waals surface area contributed by atoms with Gasteiger partial charge in [0, 0.05) is 22.2 Å². The van der Waals surface area contributed by atoms with Crippen molar-refractivity contribution in [2.24, 2.45) is 0 Å².